The second-order valence-corrected chi connectivity index (χ2v) is 6.80. The molecule has 3 aromatic rings. The fraction of sp³-hybridized carbons (Fsp3) is 0.263. The number of carbonyl (C=O) groups excluding carboxylic acids is 1. The number of nitrogens with two attached hydrogens (primary N) is 1. The highest BCUT2D eigenvalue weighted by Crippen LogP contribution is 2.28. The Bertz CT molecular complexity index is 854. The van der Waals surface area contributed by atoms with Crippen LogP contribution in [0.3, 0.4) is 0 Å². The Kier molecular flexibility index (Phi) is 3.68. The van der Waals surface area contributed by atoms with Crippen LogP contribution in [0.25, 0.3) is 22.4 Å². The maximum Gasteiger partial charge on any atom is 0.237 e. The molecule has 1 aromatic heterocycles. The van der Waals surface area contributed by atoms with Gasteiger partial charge in [-0.05, 0) is 23.1 Å². The quantitative estimate of drug-likeness (QED) is 0.805. The third-order valence-electron chi connectivity index (χ3n) is 3.98. The molecule has 0 aliphatic rings. The lowest BCUT2D eigenvalue weighted by Crippen LogP contribution is -2.19. The molecule has 0 saturated carbocycles. The van der Waals surface area contributed by atoms with Gasteiger partial charge < -0.3 is 10.3 Å². The average molecular weight is 307 g/mol. The van der Waals surface area contributed by atoms with Gasteiger partial charge in [-0.25, -0.2) is 4.98 Å². The van der Waals surface area contributed by atoms with Gasteiger partial charge in [0.25, 0.3) is 0 Å². The molecule has 0 spiro atoms. The summed E-state index contributed by atoms with van der Waals surface area (Å²) >= 11 is 0. The summed E-state index contributed by atoms with van der Waals surface area (Å²) in [5.74, 6) is 0.395. The highest BCUT2D eigenvalue weighted by molar-refractivity contribution is 5.84. The molecule has 1 heterocycles. The molecule has 118 valence electrons. The van der Waals surface area contributed by atoms with Gasteiger partial charge in [-0.2, -0.15) is 0 Å². The Morgan fingerprint density at radius 3 is 2.35 bits per heavy atom. The molecule has 0 unspecified atom stereocenters. The molecule has 2 aromatic carbocycles. The van der Waals surface area contributed by atoms with Gasteiger partial charge in [0.1, 0.15) is 12.4 Å². The van der Waals surface area contributed by atoms with E-state index in [0.29, 0.717) is 0 Å². The molecule has 3 rings (SSSR count). The van der Waals surface area contributed by atoms with Crippen molar-refractivity contribution in [2.45, 2.75) is 32.7 Å². The first-order chi connectivity index (χ1) is 10.9. The number of hydrogen-bond donors (Lipinski definition) is 1. The van der Waals surface area contributed by atoms with Gasteiger partial charge in [-0.1, -0.05) is 57.2 Å². The molecule has 0 bridgehead atoms. The molecule has 0 fully saturated rings. The Morgan fingerprint density at radius 2 is 1.74 bits per heavy atom. The molecule has 4 heteroatoms. The lowest BCUT2D eigenvalue weighted by atomic mass is 9.87. The van der Waals surface area contributed by atoms with Crippen LogP contribution < -0.4 is 5.73 Å². The van der Waals surface area contributed by atoms with Crippen LogP contribution in [0.1, 0.15) is 26.3 Å². The number of carbonyl (C=O) groups is 1. The Labute approximate surface area is 136 Å². The summed E-state index contributed by atoms with van der Waals surface area (Å²) in [4.78, 5) is 16.1. The average Bonchev–Trinajstić information content (AvgIpc) is 2.85. The molecule has 0 saturated heterocycles. The van der Waals surface area contributed by atoms with E-state index in [4.69, 9.17) is 5.73 Å². The van der Waals surface area contributed by atoms with Crippen molar-refractivity contribution in [1.82, 2.24) is 9.55 Å². The molecule has 0 aliphatic carbocycles. The zero-order valence-electron chi connectivity index (χ0n) is 13.7. The molecule has 0 aliphatic heterocycles. The number of para-hydroxylation sites is 2. The molecule has 4 nitrogen and oxygen atoms in total. The van der Waals surface area contributed by atoms with Crippen molar-refractivity contribution in [2.24, 2.45) is 5.73 Å². The third-order valence-corrected chi connectivity index (χ3v) is 3.98. The van der Waals surface area contributed by atoms with Gasteiger partial charge in [0.15, 0.2) is 0 Å². The van der Waals surface area contributed by atoms with E-state index in [9.17, 15) is 4.79 Å². The van der Waals surface area contributed by atoms with Gasteiger partial charge in [0, 0.05) is 5.56 Å². The summed E-state index contributed by atoms with van der Waals surface area (Å²) < 4.78 is 1.88. The number of rotatable bonds is 3. The Morgan fingerprint density at radius 1 is 1.09 bits per heavy atom. The maximum absolute atomic E-state index is 11.5. The molecule has 2 N–H and O–H groups in total. The van der Waals surface area contributed by atoms with Crippen LogP contribution >= 0.6 is 0 Å². The fourth-order valence-electron chi connectivity index (χ4n) is 2.73. The van der Waals surface area contributed by atoms with Crippen LogP contribution in [-0.4, -0.2) is 15.5 Å². The second-order valence-electron chi connectivity index (χ2n) is 6.80. The van der Waals surface area contributed by atoms with Crippen LogP contribution in [-0.2, 0) is 16.8 Å². The van der Waals surface area contributed by atoms with E-state index in [1.165, 1.54) is 5.56 Å². The number of nitrogens with zero attached hydrogens (tertiary/aromatic N) is 2. The zero-order chi connectivity index (χ0) is 16.6. The molecular weight excluding hydrogens is 286 g/mol. The number of hydrogen-bond acceptors (Lipinski definition) is 2. The van der Waals surface area contributed by atoms with Crippen LogP contribution in [0.5, 0.6) is 0 Å². The molecule has 1 amide bonds. The van der Waals surface area contributed by atoms with Crippen molar-refractivity contribution in [3.63, 3.8) is 0 Å². The molecule has 0 radical (unpaired) electrons. The highest BCUT2D eigenvalue weighted by atomic mass is 16.1. The number of primary amides is 1. The normalized spacial score (nSPS) is 11.8. The van der Waals surface area contributed by atoms with E-state index >= 15 is 0 Å². The van der Waals surface area contributed by atoms with E-state index in [-0.39, 0.29) is 17.9 Å². The van der Waals surface area contributed by atoms with E-state index in [0.717, 1.165) is 22.4 Å². The van der Waals surface area contributed by atoms with Crippen molar-refractivity contribution in [2.75, 3.05) is 0 Å². The van der Waals surface area contributed by atoms with E-state index in [2.05, 4.69) is 50.0 Å². The van der Waals surface area contributed by atoms with Gasteiger partial charge in [-0.3, -0.25) is 4.79 Å². The molecule has 0 atom stereocenters. The summed E-state index contributed by atoms with van der Waals surface area (Å²) in [6.07, 6.45) is 0. The fourth-order valence-corrected chi connectivity index (χ4v) is 2.73. The molecule has 23 heavy (non-hydrogen) atoms. The first kappa shape index (κ1) is 15.3. The largest absolute Gasteiger partial charge is 0.368 e. The number of aromatic nitrogens is 2. The van der Waals surface area contributed by atoms with Crippen molar-refractivity contribution in [3.05, 3.63) is 54.1 Å². The summed E-state index contributed by atoms with van der Waals surface area (Å²) in [5, 5.41) is 0. The minimum Gasteiger partial charge on any atom is -0.368 e. The van der Waals surface area contributed by atoms with E-state index in [1.54, 1.807) is 0 Å². The van der Waals surface area contributed by atoms with E-state index in [1.807, 2.05) is 28.8 Å². The standard InChI is InChI=1S/C19H21N3O/c1-19(2,3)14-10-8-13(9-11-14)18-21-15-6-4-5-7-16(15)22(18)12-17(20)23/h4-11H,12H2,1-3H3,(H2,20,23). The smallest absolute Gasteiger partial charge is 0.237 e. The monoisotopic (exact) mass is 307 g/mol. The topological polar surface area (TPSA) is 60.9 Å². The van der Waals surface area contributed by atoms with Gasteiger partial charge >= 0.3 is 0 Å². The first-order valence-electron chi connectivity index (χ1n) is 7.71. The van der Waals surface area contributed by atoms with Gasteiger partial charge in [0.05, 0.1) is 11.0 Å². The number of benzene rings is 2. The van der Waals surface area contributed by atoms with Crippen LogP contribution in [0.4, 0.5) is 0 Å². The van der Waals surface area contributed by atoms with Gasteiger partial charge in [-0.15, -0.1) is 0 Å². The van der Waals surface area contributed by atoms with Crippen molar-refractivity contribution in [1.29, 1.82) is 0 Å². The minimum atomic E-state index is -0.374. The van der Waals surface area contributed by atoms with Crippen LogP contribution in [0.2, 0.25) is 0 Å². The SMILES string of the molecule is CC(C)(C)c1ccc(-c2nc3ccccc3n2CC(N)=O)cc1. The van der Waals surface area contributed by atoms with Crippen molar-refractivity contribution >= 4 is 16.9 Å². The maximum atomic E-state index is 11.5. The predicted octanol–water partition coefficient (Wildman–Crippen LogP) is 3.49. The minimum absolute atomic E-state index is 0.103. The lowest BCUT2D eigenvalue weighted by Gasteiger charge is -2.19. The Balaban J connectivity index is 2.13. The third kappa shape index (κ3) is 2.97. The number of imidazole rings is 1. The summed E-state index contributed by atoms with van der Waals surface area (Å²) in [5.41, 5.74) is 9.55. The summed E-state index contributed by atoms with van der Waals surface area (Å²) in [6.45, 7) is 6.68. The highest BCUT2D eigenvalue weighted by Gasteiger charge is 2.16. The van der Waals surface area contributed by atoms with Gasteiger partial charge in [0.2, 0.25) is 5.91 Å². The van der Waals surface area contributed by atoms with Crippen LogP contribution in [0.15, 0.2) is 48.5 Å². The second kappa shape index (κ2) is 5.54. The first-order valence-corrected chi connectivity index (χ1v) is 7.71. The summed E-state index contributed by atoms with van der Waals surface area (Å²) in [7, 11) is 0. The van der Waals surface area contributed by atoms with Crippen LogP contribution in [0, 0.1) is 0 Å². The number of fused-ring (bicyclic) bond motifs is 1. The predicted molar refractivity (Wildman–Crippen MR) is 93.1 cm³/mol. The zero-order valence-corrected chi connectivity index (χ0v) is 13.7. The van der Waals surface area contributed by atoms with E-state index < -0.39 is 0 Å². The van der Waals surface area contributed by atoms with Crippen molar-refractivity contribution in [3.8, 4) is 11.4 Å². The summed E-state index contributed by atoms with van der Waals surface area (Å²) in [6, 6.07) is 16.1. The number of amides is 1. The lowest BCUT2D eigenvalue weighted by molar-refractivity contribution is -0.118. The van der Waals surface area contributed by atoms with Crippen molar-refractivity contribution < 1.29 is 4.79 Å². The molecular formula is C19H21N3O. The Hall–Kier alpha value is -2.62.